The van der Waals surface area contributed by atoms with Crippen LogP contribution < -0.4 is 5.32 Å². The van der Waals surface area contributed by atoms with Gasteiger partial charge in [0.05, 0.1) is 0 Å². The van der Waals surface area contributed by atoms with Crippen molar-refractivity contribution in [3.63, 3.8) is 0 Å². The van der Waals surface area contributed by atoms with Crippen LogP contribution in [0, 0.1) is 0 Å². The lowest BCUT2D eigenvalue weighted by molar-refractivity contribution is 0.360. The fraction of sp³-hybridized carbons (Fsp3) is 0.444. The number of sulfonamides is 1. The summed E-state index contributed by atoms with van der Waals surface area (Å²) in [6, 6.07) is 1.57. The SMILES string of the molecule is Cl.O=S(=O)(c1cncc(Br)c1)N1CCNCC1. The average Bonchev–Trinajstić information content (AvgIpc) is 2.30. The molecule has 0 radical (unpaired) electrons. The zero-order chi connectivity index (χ0) is 11.6. The molecule has 1 saturated heterocycles. The Morgan fingerprint density at radius 1 is 1.29 bits per heavy atom. The minimum Gasteiger partial charge on any atom is -0.314 e. The topological polar surface area (TPSA) is 62.3 Å². The van der Waals surface area contributed by atoms with Crippen molar-refractivity contribution in [3.05, 3.63) is 22.9 Å². The molecule has 1 aromatic rings. The number of hydrogen-bond donors (Lipinski definition) is 1. The van der Waals surface area contributed by atoms with E-state index in [1.807, 2.05) is 0 Å². The van der Waals surface area contributed by atoms with Gasteiger partial charge in [-0.1, -0.05) is 0 Å². The van der Waals surface area contributed by atoms with Gasteiger partial charge in [0.2, 0.25) is 10.0 Å². The molecule has 96 valence electrons. The van der Waals surface area contributed by atoms with Crippen LogP contribution >= 0.6 is 28.3 Å². The van der Waals surface area contributed by atoms with Crippen LogP contribution in [0.5, 0.6) is 0 Å². The van der Waals surface area contributed by atoms with Crippen LogP contribution in [0.25, 0.3) is 0 Å². The van der Waals surface area contributed by atoms with Gasteiger partial charge in [-0.25, -0.2) is 8.42 Å². The summed E-state index contributed by atoms with van der Waals surface area (Å²) in [5.74, 6) is 0. The Kier molecular flexibility index (Phi) is 5.33. The third-order valence-corrected chi connectivity index (χ3v) is 4.69. The van der Waals surface area contributed by atoms with Crippen molar-refractivity contribution in [2.24, 2.45) is 0 Å². The van der Waals surface area contributed by atoms with Gasteiger partial charge in [-0.3, -0.25) is 4.98 Å². The zero-order valence-corrected chi connectivity index (χ0v) is 12.2. The normalized spacial score (nSPS) is 17.5. The van der Waals surface area contributed by atoms with Gasteiger partial charge in [0.1, 0.15) is 4.90 Å². The van der Waals surface area contributed by atoms with Crippen molar-refractivity contribution in [1.29, 1.82) is 0 Å². The molecular formula is C9H13BrClN3O2S. The summed E-state index contributed by atoms with van der Waals surface area (Å²) in [5, 5.41) is 3.12. The van der Waals surface area contributed by atoms with Gasteiger partial charge in [-0.05, 0) is 22.0 Å². The van der Waals surface area contributed by atoms with E-state index in [-0.39, 0.29) is 17.3 Å². The van der Waals surface area contributed by atoms with Gasteiger partial charge in [0.25, 0.3) is 0 Å². The van der Waals surface area contributed by atoms with Crippen molar-refractivity contribution >= 4 is 38.4 Å². The van der Waals surface area contributed by atoms with Crippen molar-refractivity contribution < 1.29 is 8.42 Å². The second-order valence-electron chi connectivity index (χ2n) is 3.49. The van der Waals surface area contributed by atoms with E-state index in [0.717, 1.165) is 0 Å². The summed E-state index contributed by atoms with van der Waals surface area (Å²) in [6.07, 6.45) is 2.94. The Bertz CT molecular complexity index is 477. The minimum atomic E-state index is -3.38. The highest BCUT2D eigenvalue weighted by molar-refractivity contribution is 9.10. The molecule has 0 saturated carbocycles. The van der Waals surface area contributed by atoms with Crippen LogP contribution in [-0.4, -0.2) is 43.9 Å². The van der Waals surface area contributed by atoms with Gasteiger partial charge in [0.15, 0.2) is 0 Å². The molecule has 1 aliphatic rings. The molecule has 0 unspecified atom stereocenters. The molecule has 17 heavy (non-hydrogen) atoms. The highest BCUT2D eigenvalue weighted by Crippen LogP contribution is 2.18. The number of nitrogens with zero attached hydrogens (tertiary/aromatic N) is 2. The number of rotatable bonds is 2. The Balaban J connectivity index is 0.00000144. The Hall–Kier alpha value is -0.210. The molecule has 1 N–H and O–H groups in total. The van der Waals surface area contributed by atoms with Gasteiger partial charge < -0.3 is 5.32 Å². The van der Waals surface area contributed by atoms with Crippen molar-refractivity contribution in [1.82, 2.24) is 14.6 Å². The molecule has 5 nitrogen and oxygen atoms in total. The highest BCUT2D eigenvalue weighted by atomic mass is 79.9. The zero-order valence-electron chi connectivity index (χ0n) is 8.97. The first-order valence-corrected chi connectivity index (χ1v) is 7.15. The van der Waals surface area contributed by atoms with Crippen LogP contribution in [0.3, 0.4) is 0 Å². The third-order valence-electron chi connectivity index (χ3n) is 2.39. The Morgan fingerprint density at radius 2 is 1.94 bits per heavy atom. The lowest BCUT2D eigenvalue weighted by Gasteiger charge is -2.26. The summed E-state index contributed by atoms with van der Waals surface area (Å²) in [6.45, 7) is 2.41. The molecule has 0 aliphatic carbocycles. The van der Waals surface area contributed by atoms with E-state index in [0.29, 0.717) is 30.7 Å². The van der Waals surface area contributed by atoms with Crippen molar-refractivity contribution in [2.75, 3.05) is 26.2 Å². The first kappa shape index (κ1) is 14.8. The summed E-state index contributed by atoms with van der Waals surface area (Å²) < 4.78 is 26.5. The maximum absolute atomic E-state index is 12.2. The molecule has 8 heteroatoms. The number of nitrogens with one attached hydrogen (secondary N) is 1. The Morgan fingerprint density at radius 3 is 2.53 bits per heavy atom. The van der Waals surface area contributed by atoms with E-state index in [4.69, 9.17) is 0 Å². The molecule has 0 atom stereocenters. The van der Waals surface area contributed by atoms with Crippen LogP contribution in [0.1, 0.15) is 0 Å². The second kappa shape index (κ2) is 6.10. The van der Waals surface area contributed by atoms with Crippen molar-refractivity contribution in [3.8, 4) is 0 Å². The fourth-order valence-corrected chi connectivity index (χ4v) is 3.51. The van der Waals surface area contributed by atoms with Gasteiger partial charge in [-0.15, -0.1) is 12.4 Å². The van der Waals surface area contributed by atoms with E-state index in [1.54, 1.807) is 12.3 Å². The Labute approximate surface area is 115 Å². The summed E-state index contributed by atoms with van der Waals surface area (Å²) in [7, 11) is -3.38. The second-order valence-corrected chi connectivity index (χ2v) is 6.35. The van der Waals surface area contributed by atoms with Gasteiger partial charge >= 0.3 is 0 Å². The number of hydrogen-bond acceptors (Lipinski definition) is 4. The van der Waals surface area contributed by atoms with Crippen LogP contribution in [0.15, 0.2) is 27.8 Å². The fourth-order valence-electron chi connectivity index (χ4n) is 1.57. The molecular weight excluding hydrogens is 330 g/mol. The van der Waals surface area contributed by atoms with E-state index in [9.17, 15) is 8.42 Å². The summed E-state index contributed by atoms with van der Waals surface area (Å²) in [4.78, 5) is 4.12. The predicted octanol–water partition coefficient (Wildman–Crippen LogP) is 0.860. The maximum Gasteiger partial charge on any atom is 0.244 e. The van der Waals surface area contributed by atoms with E-state index in [2.05, 4.69) is 26.2 Å². The molecule has 1 aliphatic heterocycles. The maximum atomic E-state index is 12.2. The molecule has 1 fully saturated rings. The third kappa shape index (κ3) is 3.38. The standard InChI is InChI=1S/C9H12BrN3O2S.ClH/c10-8-5-9(7-12-6-8)16(14,15)13-3-1-11-2-4-13;/h5-7,11H,1-4H2;1H. The monoisotopic (exact) mass is 341 g/mol. The molecule has 0 bridgehead atoms. The molecule has 1 aromatic heterocycles. The molecule has 2 heterocycles. The van der Waals surface area contributed by atoms with Crippen molar-refractivity contribution in [2.45, 2.75) is 4.90 Å². The quantitative estimate of drug-likeness (QED) is 0.866. The first-order valence-electron chi connectivity index (χ1n) is 4.92. The lowest BCUT2D eigenvalue weighted by atomic mass is 10.4. The predicted molar refractivity (Wildman–Crippen MR) is 70.8 cm³/mol. The molecule has 2 rings (SSSR count). The smallest absolute Gasteiger partial charge is 0.244 e. The van der Waals surface area contributed by atoms with Gasteiger partial charge in [-0.2, -0.15) is 4.31 Å². The lowest BCUT2D eigenvalue weighted by Crippen LogP contribution is -2.46. The summed E-state index contributed by atoms with van der Waals surface area (Å²) in [5.41, 5.74) is 0. The van der Waals surface area contributed by atoms with E-state index < -0.39 is 10.0 Å². The molecule has 0 aromatic carbocycles. The van der Waals surface area contributed by atoms with Gasteiger partial charge in [0, 0.05) is 43.0 Å². The van der Waals surface area contributed by atoms with E-state index in [1.165, 1.54) is 10.5 Å². The first-order chi connectivity index (χ1) is 7.60. The van der Waals surface area contributed by atoms with Crippen LogP contribution in [-0.2, 0) is 10.0 Å². The molecule has 0 spiro atoms. The number of halogens is 2. The highest BCUT2D eigenvalue weighted by Gasteiger charge is 2.25. The summed E-state index contributed by atoms with van der Waals surface area (Å²) >= 11 is 3.22. The van der Waals surface area contributed by atoms with Crippen LogP contribution in [0.2, 0.25) is 0 Å². The number of aromatic nitrogens is 1. The largest absolute Gasteiger partial charge is 0.314 e. The number of pyridine rings is 1. The van der Waals surface area contributed by atoms with E-state index >= 15 is 0 Å². The average molecular weight is 343 g/mol. The number of piperazine rings is 1. The minimum absolute atomic E-state index is 0. The molecule has 0 amide bonds. The van der Waals surface area contributed by atoms with Crippen LogP contribution in [0.4, 0.5) is 0 Å².